The lowest BCUT2D eigenvalue weighted by atomic mass is 10.1. The molecule has 0 bridgehead atoms. The molecule has 1 aliphatic heterocycles. The number of unbranched alkanes of at least 4 members (excludes halogenated alkanes) is 1. The molecule has 1 aromatic rings. The molecule has 5 nitrogen and oxygen atoms in total. The van der Waals surface area contributed by atoms with Crippen molar-refractivity contribution in [2.75, 3.05) is 30.0 Å². The fourth-order valence-corrected chi connectivity index (χ4v) is 3.34. The van der Waals surface area contributed by atoms with Crippen LogP contribution in [0.5, 0.6) is 0 Å². The van der Waals surface area contributed by atoms with Gasteiger partial charge in [0.2, 0.25) is 5.91 Å². The van der Waals surface area contributed by atoms with Crippen LogP contribution in [0.3, 0.4) is 0 Å². The summed E-state index contributed by atoms with van der Waals surface area (Å²) in [7, 11) is 0. The number of nitrogens with one attached hydrogen (secondary N) is 1. The van der Waals surface area contributed by atoms with Crippen LogP contribution in [0.2, 0.25) is 0 Å². The molecular formula is C16H21FN4OS. The van der Waals surface area contributed by atoms with Crippen molar-refractivity contribution in [1.29, 1.82) is 5.26 Å². The highest BCUT2D eigenvalue weighted by molar-refractivity contribution is 7.99. The normalized spacial score (nSPS) is 15.3. The Morgan fingerprint density at radius 3 is 3.00 bits per heavy atom. The number of rotatable bonds is 7. The number of nitrogens with zero attached hydrogens (tertiary/aromatic N) is 2. The summed E-state index contributed by atoms with van der Waals surface area (Å²) in [6.07, 6.45) is 2.24. The van der Waals surface area contributed by atoms with Gasteiger partial charge in [0.25, 0.3) is 0 Å². The topological polar surface area (TPSA) is 82.1 Å². The number of hydrogen-bond acceptors (Lipinski definition) is 5. The lowest BCUT2D eigenvalue weighted by molar-refractivity contribution is -0.131. The van der Waals surface area contributed by atoms with Gasteiger partial charge in [-0.1, -0.05) is 0 Å². The number of nitriles is 1. The molecule has 0 radical (unpaired) electrons. The third kappa shape index (κ3) is 5.12. The molecule has 1 fully saturated rings. The molecule has 1 amide bonds. The first-order chi connectivity index (χ1) is 11.1. The van der Waals surface area contributed by atoms with Gasteiger partial charge in [-0.2, -0.15) is 5.26 Å². The SMILES string of the molecule is N#Cc1ccc(NCCCCC(N)C(=O)N2CCSC2)c(F)c1. The van der Waals surface area contributed by atoms with Gasteiger partial charge in [0, 0.05) is 18.8 Å². The van der Waals surface area contributed by atoms with E-state index in [1.54, 1.807) is 28.8 Å². The summed E-state index contributed by atoms with van der Waals surface area (Å²) in [6.45, 7) is 1.39. The second kappa shape index (κ2) is 8.75. The fourth-order valence-electron chi connectivity index (χ4n) is 2.39. The van der Waals surface area contributed by atoms with E-state index < -0.39 is 11.9 Å². The molecule has 1 aliphatic rings. The molecule has 23 heavy (non-hydrogen) atoms. The Hall–Kier alpha value is -1.78. The van der Waals surface area contributed by atoms with Crippen LogP contribution in [-0.2, 0) is 4.79 Å². The number of benzene rings is 1. The van der Waals surface area contributed by atoms with Gasteiger partial charge in [0.15, 0.2) is 0 Å². The monoisotopic (exact) mass is 336 g/mol. The van der Waals surface area contributed by atoms with E-state index >= 15 is 0 Å². The first kappa shape index (κ1) is 17.6. The minimum Gasteiger partial charge on any atom is -0.383 e. The zero-order valence-electron chi connectivity index (χ0n) is 12.9. The highest BCUT2D eigenvalue weighted by atomic mass is 32.2. The number of anilines is 1. The first-order valence-corrected chi connectivity index (χ1v) is 8.83. The minimum atomic E-state index is -0.444. The van der Waals surface area contributed by atoms with E-state index in [0.717, 1.165) is 31.0 Å². The molecule has 1 aromatic carbocycles. The largest absolute Gasteiger partial charge is 0.383 e. The van der Waals surface area contributed by atoms with Crippen LogP contribution in [0.4, 0.5) is 10.1 Å². The number of nitrogens with two attached hydrogens (primary N) is 1. The molecule has 3 N–H and O–H groups in total. The molecule has 0 spiro atoms. The number of thioether (sulfide) groups is 1. The smallest absolute Gasteiger partial charge is 0.240 e. The lowest BCUT2D eigenvalue weighted by Gasteiger charge is -2.19. The third-order valence-corrected chi connectivity index (χ3v) is 4.70. The molecule has 0 aromatic heterocycles. The second-order valence-corrected chi connectivity index (χ2v) is 6.55. The standard InChI is InChI=1S/C16H21FN4OS/c17-13-9-12(10-18)4-5-15(13)20-6-2-1-3-14(19)16(22)21-7-8-23-11-21/h4-5,9,14,20H,1-3,6-8,11,19H2. The number of carbonyl (C=O) groups is 1. The number of hydrogen-bond donors (Lipinski definition) is 2. The summed E-state index contributed by atoms with van der Waals surface area (Å²) in [6, 6.07) is 5.81. The van der Waals surface area contributed by atoms with Crippen LogP contribution in [0.15, 0.2) is 18.2 Å². The van der Waals surface area contributed by atoms with E-state index in [-0.39, 0.29) is 5.91 Å². The van der Waals surface area contributed by atoms with Gasteiger partial charge in [-0.15, -0.1) is 11.8 Å². The Morgan fingerprint density at radius 2 is 2.35 bits per heavy atom. The Bertz CT molecular complexity index is 584. The van der Waals surface area contributed by atoms with E-state index in [1.165, 1.54) is 6.07 Å². The molecule has 0 saturated carbocycles. The average molecular weight is 336 g/mol. The maximum Gasteiger partial charge on any atom is 0.240 e. The maximum absolute atomic E-state index is 13.7. The number of carbonyl (C=O) groups excluding carboxylic acids is 1. The van der Waals surface area contributed by atoms with E-state index in [1.807, 2.05) is 6.07 Å². The van der Waals surface area contributed by atoms with Gasteiger partial charge in [-0.05, 0) is 37.5 Å². The Kier molecular flexibility index (Phi) is 6.68. The molecule has 1 unspecified atom stereocenters. The Labute approximate surface area is 140 Å². The highest BCUT2D eigenvalue weighted by Crippen LogP contribution is 2.17. The van der Waals surface area contributed by atoms with Crippen molar-refractivity contribution in [3.63, 3.8) is 0 Å². The summed E-state index contributed by atoms with van der Waals surface area (Å²) in [5.74, 6) is 1.33. The van der Waals surface area contributed by atoms with Crippen LogP contribution in [0.25, 0.3) is 0 Å². The van der Waals surface area contributed by atoms with Gasteiger partial charge in [-0.3, -0.25) is 4.79 Å². The molecule has 1 atom stereocenters. The van der Waals surface area contributed by atoms with Crippen LogP contribution in [-0.4, -0.2) is 41.6 Å². The highest BCUT2D eigenvalue weighted by Gasteiger charge is 2.23. The predicted octanol–water partition coefficient (Wildman–Crippen LogP) is 2.14. The van der Waals surface area contributed by atoms with Crippen LogP contribution in [0, 0.1) is 17.1 Å². The van der Waals surface area contributed by atoms with Crippen molar-refractivity contribution in [2.45, 2.75) is 25.3 Å². The summed E-state index contributed by atoms with van der Waals surface area (Å²) in [4.78, 5) is 13.8. The maximum atomic E-state index is 13.7. The Morgan fingerprint density at radius 1 is 1.52 bits per heavy atom. The Balaban J connectivity index is 1.65. The van der Waals surface area contributed by atoms with Gasteiger partial charge in [0.05, 0.1) is 29.2 Å². The number of amides is 1. The van der Waals surface area contributed by atoms with E-state index in [0.29, 0.717) is 24.2 Å². The van der Waals surface area contributed by atoms with E-state index in [9.17, 15) is 9.18 Å². The van der Waals surface area contributed by atoms with Gasteiger partial charge in [0.1, 0.15) is 5.82 Å². The zero-order chi connectivity index (χ0) is 16.7. The van der Waals surface area contributed by atoms with Crippen LogP contribution < -0.4 is 11.1 Å². The molecule has 1 heterocycles. The summed E-state index contributed by atoms with van der Waals surface area (Å²) in [5.41, 5.74) is 6.63. The van der Waals surface area contributed by atoms with Gasteiger partial charge in [-0.25, -0.2) is 4.39 Å². The third-order valence-electron chi connectivity index (χ3n) is 3.74. The van der Waals surface area contributed by atoms with Crippen molar-refractivity contribution in [3.05, 3.63) is 29.6 Å². The molecular weight excluding hydrogens is 315 g/mol. The zero-order valence-corrected chi connectivity index (χ0v) is 13.7. The second-order valence-electron chi connectivity index (χ2n) is 5.47. The van der Waals surface area contributed by atoms with E-state index in [2.05, 4.69) is 5.32 Å². The summed E-state index contributed by atoms with van der Waals surface area (Å²) in [5, 5.41) is 11.7. The number of halogens is 1. The van der Waals surface area contributed by atoms with Crippen LogP contribution in [0.1, 0.15) is 24.8 Å². The molecule has 124 valence electrons. The summed E-state index contributed by atoms with van der Waals surface area (Å²) >= 11 is 1.75. The lowest BCUT2D eigenvalue weighted by Crippen LogP contribution is -2.42. The van der Waals surface area contributed by atoms with Crippen molar-refractivity contribution in [1.82, 2.24) is 4.90 Å². The summed E-state index contributed by atoms with van der Waals surface area (Å²) < 4.78 is 13.7. The van der Waals surface area contributed by atoms with Crippen molar-refractivity contribution in [3.8, 4) is 6.07 Å². The minimum absolute atomic E-state index is 0.0288. The molecule has 0 aliphatic carbocycles. The average Bonchev–Trinajstić information content (AvgIpc) is 3.09. The quantitative estimate of drug-likeness (QED) is 0.746. The fraction of sp³-hybridized carbons (Fsp3) is 0.500. The van der Waals surface area contributed by atoms with E-state index in [4.69, 9.17) is 11.0 Å². The molecule has 1 saturated heterocycles. The molecule has 7 heteroatoms. The first-order valence-electron chi connectivity index (χ1n) is 7.67. The van der Waals surface area contributed by atoms with Gasteiger partial charge < -0.3 is 16.0 Å². The predicted molar refractivity (Wildman–Crippen MR) is 90.5 cm³/mol. The van der Waals surface area contributed by atoms with Gasteiger partial charge >= 0.3 is 0 Å². The molecule has 2 rings (SSSR count). The van der Waals surface area contributed by atoms with Crippen molar-refractivity contribution >= 4 is 23.4 Å². The van der Waals surface area contributed by atoms with Crippen molar-refractivity contribution in [2.24, 2.45) is 5.73 Å². The van der Waals surface area contributed by atoms with Crippen molar-refractivity contribution < 1.29 is 9.18 Å². The van der Waals surface area contributed by atoms with Crippen LogP contribution >= 0.6 is 11.8 Å².